The highest BCUT2D eigenvalue weighted by molar-refractivity contribution is 7.80. The summed E-state index contributed by atoms with van der Waals surface area (Å²) in [7, 11) is 0. The molecule has 0 fully saturated rings. The predicted octanol–water partition coefficient (Wildman–Crippen LogP) is 1.37. The third kappa shape index (κ3) is 9.45. The molecule has 0 spiro atoms. The summed E-state index contributed by atoms with van der Waals surface area (Å²) < 4.78 is 4.81. The van der Waals surface area contributed by atoms with Gasteiger partial charge in [-0.3, -0.25) is 0 Å². The number of nitrogens with one attached hydrogen (secondary N) is 2. The molecule has 2 N–H and O–H groups in total. The Labute approximate surface area is 102 Å². The highest BCUT2D eigenvalue weighted by atomic mass is 32.1. The van der Waals surface area contributed by atoms with Gasteiger partial charge in [0.05, 0.1) is 6.61 Å². The van der Waals surface area contributed by atoms with E-state index in [1.807, 2.05) is 0 Å². The third-order valence-corrected chi connectivity index (χ3v) is 2.12. The summed E-state index contributed by atoms with van der Waals surface area (Å²) in [5, 5.41) is 6.78. The molecule has 0 saturated carbocycles. The van der Waals surface area contributed by atoms with E-state index in [2.05, 4.69) is 24.1 Å². The maximum absolute atomic E-state index is 10.7. The fraction of sp³-hybridized carbons (Fsp3) is 0.636. The van der Waals surface area contributed by atoms with Crippen LogP contribution < -0.4 is 10.6 Å². The van der Waals surface area contributed by atoms with Gasteiger partial charge in [0.1, 0.15) is 0 Å². The zero-order chi connectivity index (χ0) is 12.2. The number of rotatable bonds is 8. The van der Waals surface area contributed by atoms with Gasteiger partial charge < -0.3 is 15.4 Å². The molecule has 0 aromatic rings. The summed E-state index contributed by atoms with van der Waals surface area (Å²) in [4.78, 5) is 10.7. The normalized spacial score (nSPS) is 9.31. The number of carbonyl (C=O) groups excluding carboxylic acids is 1. The fourth-order valence-electron chi connectivity index (χ4n) is 0.947. The Morgan fingerprint density at radius 1 is 1.38 bits per heavy atom. The van der Waals surface area contributed by atoms with Crippen molar-refractivity contribution in [3.63, 3.8) is 0 Å². The highest BCUT2D eigenvalue weighted by Crippen LogP contribution is 1.85. The molecule has 0 amide bonds. The largest absolute Gasteiger partial charge is 0.462 e. The molecule has 0 aliphatic rings. The molecule has 0 aromatic carbocycles. The lowest BCUT2D eigenvalue weighted by Gasteiger charge is -2.09. The minimum atomic E-state index is -0.386. The standard InChI is InChI=1S/C11H20N2O2S/c1-3-5-7-12-11(16)13-8-6-9-15-10(14)4-2/h4H,2-3,5-9H2,1H3,(H2,12,13,16). The molecule has 0 unspecified atom stereocenters. The van der Waals surface area contributed by atoms with E-state index < -0.39 is 0 Å². The quantitative estimate of drug-likeness (QED) is 0.292. The van der Waals surface area contributed by atoms with Crippen LogP contribution in [0.25, 0.3) is 0 Å². The Morgan fingerprint density at radius 3 is 2.56 bits per heavy atom. The SMILES string of the molecule is C=CC(=O)OCCCNC(=S)NCCCC. The van der Waals surface area contributed by atoms with E-state index in [9.17, 15) is 4.79 Å². The number of unbranched alkanes of at least 4 members (excludes halogenated alkanes) is 1. The van der Waals surface area contributed by atoms with Gasteiger partial charge in [0, 0.05) is 19.2 Å². The van der Waals surface area contributed by atoms with Crippen LogP contribution in [0, 0.1) is 0 Å². The molecule has 0 rings (SSSR count). The van der Waals surface area contributed by atoms with Gasteiger partial charge in [0.2, 0.25) is 0 Å². The Hall–Kier alpha value is -1.10. The van der Waals surface area contributed by atoms with Crippen molar-refractivity contribution in [3.8, 4) is 0 Å². The van der Waals surface area contributed by atoms with Gasteiger partial charge in [-0.05, 0) is 25.1 Å². The van der Waals surface area contributed by atoms with Crippen molar-refractivity contribution in [1.82, 2.24) is 10.6 Å². The fourth-order valence-corrected chi connectivity index (χ4v) is 1.15. The van der Waals surface area contributed by atoms with Crippen molar-refractivity contribution in [2.75, 3.05) is 19.7 Å². The topological polar surface area (TPSA) is 50.4 Å². The van der Waals surface area contributed by atoms with Gasteiger partial charge in [-0.25, -0.2) is 4.79 Å². The van der Waals surface area contributed by atoms with E-state index in [4.69, 9.17) is 17.0 Å². The maximum atomic E-state index is 10.7. The lowest BCUT2D eigenvalue weighted by molar-refractivity contribution is -0.137. The number of thiocarbonyl (C=S) groups is 1. The molecule has 0 radical (unpaired) electrons. The summed E-state index contributed by atoms with van der Waals surface area (Å²) >= 11 is 5.05. The van der Waals surface area contributed by atoms with E-state index in [0.717, 1.165) is 31.9 Å². The van der Waals surface area contributed by atoms with Gasteiger partial charge in [-0.2, -0.15) is 0 Å². The molecule has 0 aliphatic heterocycles. The van der Waals surface area contributed by atoms with E-state index in [0.29, 0.717) is 18.3 Å². The van der Waals surface area contributed by atoms with Crippen LogP contribution >= 0.6 is 12.2 Å². The summed E-state index contributed by atoms with van der Waals surface area (Å²) in [6, 6.07) is 0. The van der Waals surface area contributed by atoms with Crippen LogP contribution in [0.1, 0.15) is 26.2 Å². The van der Waals surface area contributed by atoms with Crippen molar-refractivity contribution < 1.29 is 9.53 Å². The molecule has 92 valence electrons. The van der Waals surface area contributed by atoms with Gasteiger partial charge >= 0.3 is 5.97 Å². The number of esters is 1. The molecule has 16 heavy (non-hydrogen) atoms. The van der Waals surface area contributed by atoms with E-state index in [-0.39, 0.29) is 5.97 Å². The van der Waals surface area contributed by atoms with E-state index in [1.54, 1.807) is 0 Å². The molecule has 4 nitrogen and oxygen atoms in total. The second-order valence-electron chi connectivity index (χ2n) is 3.26. The van der Waals surface area contributed by atoms with Crippen LogP contribution in [-0.4, -0.2) is 30.8 Å². The molecule has 0 aromatic heterocycles. The molecule has 0 bridgehead atoms. The van der Waals surface area contributed by atoms with Crippen LogP contribution in [0.5, 0.6) is 0 Å². The van der Waals surface area contributed by atoms with Gasteiger partial charge in [0.15, 0.2) is 5.11 Å². The Bertz CT molecular complexity index is 232. The first kappa shape index (κ1) is 14.9. The number of hydrogen-bond donors (Lipinski definition) is 2. The second-order valence-corrected chi connectivity index (χ2v) is 3.67. The van der Waals surface area contributed by atoms with Crippen molar-refractivity contribution >= 4 is 23.3 Å². The van der Waals surface area contributed by atoms with Gasteiger partial charge in [-0.15, -0.1) is 0 Å². The van der Waals surface area contributed by atoms with Crippen molar-refractivity contribution in [1.29, 1.82) is 0 Å². The molecular weight excluding hydrogens is 224 g/mol. The van der Waals surface area contributed by atoms with Crippen LogP contribution in [0.15, 0.2) is 12.7 Å². The van der Waals surface area contributed by atoms with E-state index in [1.165, 1.54) is 0 Å². The van der Waals surface area contributed by atoms with Crippen molar-refractivity contribution in [3.05, 3.63) is 12.7 Å². The first-order valence-electron chi connectivity index (χ1n) is 5.51. The van der Waals surface area contributed by atoms with E-state index >= 15 is 0 Å². The second kappa shape index (κ2) is 10.4. The number of carbonyl (C=O) groups is 1. The number of hydrogen-bond acceptors (Lipinski definition) is 3. The molecule has 0 atom stereocenters. The summed E-state index contributed by atoms with van der Waals surface area (Å²) in [6.07, 6.45) is 4.14. The van der Waals surface area contributed by atoms with Crippen LogP contribution in [-0.2, 0) is 9.53 Å². The lowest BCUT2D eigenvalue weighted by atomic mass is 10.3. The summed E-state index contributed by atoms with van der Waals surface area (Å²) in [5.74, 6) is -0.386. The average molecular weight is 244 g/mol. The monoisotopic (exact) mass is 244 g/mol. The van der Waals surface area contributed by atoms with Crippen LogP contribution in [0.3, 0.4) is 0 Å². The summed E-state index contributed by atoms with van der Waals surface area (Å²) in [5.41, 5.74) is 0. The highest BCUT2D eigenvalue weighted by Gasteiger charge is 1.96. The van der Waals surface area contributed by atoms with Crippen LogP contribution in [0.4, 0.5) is 0 Å². The molecule has 5 heteroatoms. The van der Waals surface area contributed by atoms with Gasteiger partial charge in [0.25, 0.3) is 0 Å². The molecule has 0 saturated heterocycles. The molecule has 0 aliphatic carbocycles. The Balaban J connectivity index is 3.27. The zero-order valence-corrected chi connectivity index (χ0v) is 10.6. The lowest BCUT2D eigenvalue weighted by Crippen LogP contribution is -2.36. The smallest absolute Gasteiger partial charge is 0.330 e. The third-order valence-electron chi connectivity index (χ3n) is 1.83. The number of ether oxygens (including phenoxy) is 1. The minimum Gasteiger partial charge on any atom is -0.462 e. The first-order valence-corrected chi connectivity index (χ1v) is 5.92. The van der Waals surface area contributed by atoms with Crippen LogP contribution in [0.2, 0.25) is 0 Å². The Morgan fingerprint density at radius 2 is 2.00 bits per heavy atom. The average Bonchev–Trinajstić information content (AvgIpc) is 2.28. The first-order chi connectivity index (χ1) is 7.70. The van der Waals surface area contributed by atoms with Crippen molar-refractivity contribution in [2.45, 2.75) is 26.2 Å². The molecule has 0 heterocycles. The Kier molecular flexibility index (Phi) is 9.70. The summed E-state index contributed by atoms with van der Waals surface area (Å²) in [6.45, 7) is 7.42. The van der Waals surface area contributed by atoms with Crippen molar-refractivity contribution in [2.24, 2.45) is 0 Å². The maximum Gasteiger partial charge on any atom is 0.330 e. The predicted molar refractivity (Wildman–Crippen MR) is 69.3 cm³/mol. The molecular formula is C11H20N2O2S. The minimum absolute atomic E-state index is 0.384. The zero-order valence-electron chi connectivity index (χ0n) is 9.75. The van der Waals surface area contributed by atoms with Gasteiger partial charge in [-0.1, -0.05) is 19.9 Å².